The van der Waals surface area contributed by atoms with E-state index in [2.05, 4.69) is 59.7 Å². The summed E-state index contributed by atoms with van der Waals surface area (Å²) >= 11 is 0. The third-order valence-corrected chi connectivity index (χ3v) is 5.55. The number of nitrogens with zero attached hydrogens (tertiary/aromatic N) is 5. The third kappa shape index (κ3) is 6.33. The second-order valence-corrected chi connectivity index (χ2v) is 7.59. The van der Waals surface area contributed by atoms with Gasteiger partial charge in [0.25, 0.3) is 0 Å². The first-order valence-corrected chi connectivity index (χ1v) is 10.4. The molecular weight excluding hydrogens is 509 g/mol. The summed E-state index contributed by atoms with van der Waals surface area (Å²) in [4.78, 5) is 22.8. The number of hydrogen-bond acceptors (Lipinski definition) is 6. The molecule has 2 N–H and O–H groups in total. The largest absolute Gasteiger partial charge is 0.364 e. The van der Waals surface area contributed by atoms with Crippen LogP contribution in [0.15, 0.2) is 46.1 Å². The minimum atomic E-state index is 0. The second-order valence-electron chi connectivity index (χ2n) is 7.59. The maximum Gasteiger partial charge on any atom is 0.239 e. The highest BCUT2D eigenvalue weighted by Gasteiger charge is 2.20. The first-order chi connectivity index (χ1) is 14.7. The predicted octanol–water partition coefficient (Wildman–Crippen LogP) is 1.12. The van der Waals surface area contributed by atoms with Crippen LogP contribution >= 0.6 is 24.0 Å². The molecule has 2 aliphatic heterocycles. The predicted molar refractivity (Wildman–Crippen MR) is 131 cm³/mol. The maximum absolute atomic E-state index is 11.6. The summed E-state index contributed by atoms with van der Waals surface area (Å²) in [6, 6.07) is 10.3. The average molecular weight is 539 g/mol. The van der Waals surface area contributed by atoms with Gasteiger partial charge in [0.2, 0.25) is 5.91 Å². The van der Waals surface area contributed by atoms with Crippen LogP contribution in [0.1, 0.15) is 11.3 Å². The minimum absolute atomic E-state index is 0. The summed E-state index contributed by atoms with van der Waals surface area (Å²) < 4.78 is 4.92. The van der Waals surface area contributed by atoms with E-state index in [1.807, 2.05) is 13.1 Å². The van der Waals surface area contributed by atoms with Crippen molar-refractivity contribution in [3.8, 4) is 0 Å². The number of carbonyl (C=O) groups is 1. The van der Waals surface area contributed by atoms with Gasteiger partial charge in [-0.3, -0.25) is 14.7 Å². The van der Waals surface area contributed by atoms with Gasteiger partial charge in [-0.05, 0) is 17.7 Å². The van der Waals surface area contributed by atoms with Crippen LogP contribution in [0.3, 0.4) is 0 Å². The minimum Gasteiger partial charge on any atom is -0.364 e. The Labute approximate surface area is 199 Å². The SMILES string of the molecule is CN=C(NCc1ccc(N2CCNC(=O)C2)cc1)N1CCN(Cc2ccon2)CC1.I. The van der Waals surface area contributed by atoms with E-state index in [9.17, 15) is 4.79 Å². The number of halogens is 1. The Morgan fingerprint density at radius 3 is 2.58 bits per heavy atom. The fourth-order valence-corrected chi connectivity index (χ4v) is 3.86. The lowest BCUT2D eigenvalue weighted by Crippen LogP contribution is -2.52. The van der Waals surface area contributed by atoms with Crippen molar-refractivity contribution >= 4 is 41.5 Å². The molecule has 3 heterocycles. The first kappa shape index (κ1) is 23.3. The summed E-state index contributed by atoms with van der Waals surface area (Å²) in [6.45, 7) is 7.28. The molecule has 9 nitrogen and oxygen atoms in total. The molecule has 0 bridgehead atoms. The van der Waals surface area contributed by atoms with Gasteiger partial charge in [0.15, 0.2) is 5.96 Å². The van der Waals surface area contributed by atoms with Gasteiger partial charge >= 0.3 is 0 Å². The monoisotopic (exact) mass is 539 g/mol. The molecule has 0 aliphatic carbocycles. The van der Waals surface area contributed by atoms with Crippen LogP contribution in [-0.4, -0.2) is 79.7 Å². The molecular formula is C21H30IN7O2. The molecule has 4 rings (SSSR count). The molecule has 2 fully saturated rings. The standard InChI is InChI=1S/C21H29N7O2.HI/c1-22-21(27-11-9-26(10-12-27)15-18-6-13-30-25-18)24-14-17-2-4-19(5-3-17)28-8-7-23-20(29)16-28;/h2-6,13H,7-12,14-16H2,1H3,(H,22,24)(H,23,29);1H. The van der Waals surface area contributed by atoms with Crippen LogP contribution in [0.5, 0.6) is 0 Å². The van der Waals surface area contributed by atoms with E-state index < -0.39 is 0 Å². The van der Waals surface area contributed by atoms with Gasteiger partial charge in [0.1, 0.15) is 6.26 Å². The van der Waals surface area contributed by atoms with Gasteiger partial charge in [-0.2, -0.15) is 0 Å². The van der Waals surface area contributed by atoms with Crippen LogP contribution in [0.2, 0.25) is 0 Å². The van der Waals surface area contributed by atoms with E-state index in [0.717, 1.165) is 56.6 Å². The number of aromatic nitrogens is 1. The highest BCUT2D eigenvalue weighted by molar-refractivity contribution is 14.0. The molecule has 0 spiro atoms. The fraction of sp³-hybridized carbons (Fsp3) is 0.476. The quantitative estimate of drug-likeness (QED) is 0.335. The molecule has 0 radical (unpaired) electrons. The Balaban J connectivity index is 0.00000272. The summed E-state index contributed by atoms with van der Waals surface area (Å²) in [5.41, 5.74) is 3.24. The van der Waals surface area contributed by atoms with Gasteiger partial charge < -0.3 is 25.0 Å². The number of benzene rings is 1. The fourth-order valence-electron chi connectivity index (χ4n) is 3.86. The lowest BCUT2D eigenvalue weighted by molar-refractivity contribution is -0.120. The Hall–Kier alpha value is -2.34. The molecule has 1 amide bonds. The highest BCUT2D eigenvalue weighted by Crippen LogP contribution is 2.16. The molecule has 1 aromatic heterocycles. The second kappa shape index (κ2) is 11.3. The Morgan fingerprint density at radius 1 is 1.16 bits per heavy atom. The normalized spacial score (nSPS) is 17.8. The Kier molecular flexibility index (Phi) is 8.52. The number of piperazine rings is 2. The lowest BCUT2D eigenvalue weighted by atomic mass is 10.2. The van der Waals surface area contributed by atoms with Gasteiger partial charge in [-0.15, -0.1) is 24.0 Å². The van der Waals surface area contributed by atoms with Crippen molar-refractivity contribution in [2.24, 2.45) is 4.99 Å². The number of carbonyl (C=O) groups excluding carboxylic acids is 1. The molecule has 0 saturated carbocycles. The smallest absolute Gasteiger partial charge is 0.239 e. The molecule has 168 valence electrons. The van der Waals surface area contributed by atoms with Crippen molar-refractivity contribution in [1.82, 2.24) is 25.6 Å². The number of aliphatic imine (C=N–C) groups is 1. The first-order valence-electron chi connectivity index (χ1n) is 10.4. The Bertz CT molecular complexity index is 849. The zero-order valence-electron chi connectivity index (χ0n) is 17.8. The van der Waals surface area contributed by atoms with E-state index in [1.54, 1.807) is 6.26 Å². The van der Waals surface area contributed by atoms with Crippen molar-refractivity contribution in [3.63, 3.8) is 0 Å². The van der Waals surface area contributed by atoms with Crippen LogP contribution in [0, 0.1) is 0 Å². The molecule has 0 unspecified atom stereocenters. The molecule has 2 aliphatic rings. The zero-order valence-corrected chi connectivity index (χ0v) is 20.1. The average Bonchev–Trinajstić information content (AvgIpc) is 3.29. The van der Waals surface area contributed by atoms with Crippen molar-refractivity contribution in [2.75, 3.05) is 57.8 Å². The number of nitrogens with one attached hydrogen (secondary N) is 2. The summed E-state index contributed by atoms with van der Waals surface area (Å²) in [7, 11) is 1.83. The molecule has 10 heteroatoms. The van der Waals surface area contributed by atoms with Gasteiger partial charge in [-0.1, -0.05) is 17.3 Å². The van der Waals surface area contributed by atoms with Gasteiger partial charge in [-0.25, -0.2) is 0 Å². The van der Waals surface area contributed by atoms with Gasteiger partial charge in [0.05, 0.1) is 12.2 Å². The van der Waals surface area contributed by atoms with Gasteiger partial charge in [0, 0.05) is 71.2 Å². The van der Waals surface area contributed by atoms with E-state index >= 15 is 0 Å². The number of guanidine groups is 1. The zero-order chi connectivity index (χ0) is 20.8. The number of hydrogen-bond donors (Lipinski definition) is 2. The maximum atomic E-state index is 11.6. The van der Waals surface area contributed by atoms with Crippen LogP contribution in [-0.2, 0) is 17.9 Å². The van der Waals surface area contributed by atoms with Crippen molar-refractivity contribution < 1.29 is 9.32 Å². The number of amides is 1. The highest BCUT2D eigenvalue weighted by atomic mass is 127. The van der Waals surface area contributed by atoms with Crippen LogP contribution in [0.4, 0.5) is 5.69 Å². The van der Waals surface area contributed by atoms with Crippen molar-refractivity contribution in [1.29, 1.82) is 0 Å². The van der Waals surface area contributed by atoms with E-state index in [0.29, 0.717) is 19.6 Å². The van der Waals surface area contributed by atoms with E-state index in [-0.39, 0.29) is 29.9 Å². The third-order valence-electron chi connectivity index (χ3n) is 5.55. The van der Waals surface area contributed by atoms with Crippen LogP contribution < -0.4 is 15.5 Å². The van der Waals surface area contributed by atoms with Crippen molar-refractivity contribution in [2.45, 2.75) is 13.1 Å². The lowest BCUT2D eigenvalue weighted by Gasteiger charge is -2.36. The molecule has 31 heavy (non-hydrogen) atoms. The van der Waals surface area contributed by atoms with E-state index in [1.165, 1.54) is 5.56 Å². The molecule has 2 saturated heterocycles. The summed E-state index contributed by atoms with van der Waals surface area (Å²) in [5, 5.41) is 10.3. The molecule has 2 aromatic rings. The van der Waals surface area contributed by atoms with Crippen molar-refractivity contribution in [3.05, 3.63) is 47.9 Å². The molecule has 1 aromatic carbocycles. The molecule has 0 atom stereocenters. The van der Waals surface area contributed by atoms with E-state index in [4.69, 9.17) is 4.52 Å². The van der Waals surface area contributed by atoms with Crippen LogP contribution in [0.25, 0.3) is 0 Å². The number of rotatable bonds is 5. The number of anilines is 1. The summed E-state index contributed by atoms with van der Waals surface area (Å²) in [6.07, 6.45) is 1.62. The Morgan fingerprint density at radius 2 is 1.94 bits per heavy atom. The topological polar surface area (TPSA) is 89.2 Å². The summed E-state index contributed by atoms with van der Waals surface area (Å²) in [5.74, 6) is 1.00.